The number of nitrogens with two attached hydrogens (primary N) is 1. The second kappa shape index (κ2) is 10.3. The Bertz CT molecular complexity index is 826. The lowest BCUT2D eigenvalue weighted by Crippen LogP contribution is -2.34. The lowest BCUT2D eigenvalue weighted by atomic mass is 9.90. The van der Waals surface area contributed by atoms with E-state index in [0.29, 0.717) is 13.2 Å². The van der Waals surface area contributed by atoms with Crippen molar-refractivity contribution in [3.63, 3.8) is 0 Å². The van der Waals surface area contributed by atoms with Crippen LogP contribution in [-0.4, -0.2) is 54.3 Å². The number of rotatable bonds is 8. The van der Waals surface area contributed by atoms with Crippen LogP contribution in [0.3, 0.4) is 0 Å². The van der Waals surface area contributed by atoms with Crippen molar-refractivity contribution in [3.05, 3.63) is 71.3 Å². The zero-order chi connectivity index (χ0) is 20.6. The normalized spacial score (nSPS) is 17.1. The van der Waals surface area contributed by atoms with Crippen LogP contribution >= 0.6 is 0 Å². The molecule has 2 N–H and O–H groups in total. The zero-order valence-corrected chi connectivity index (χ0v) is 17.9. The lowest BCUT2D eigenvalue weighted by Gasteiger charge is -2.21. The van der Waals surface area contributed by atoms with Crippen molar-refractivity contribution in [2.45, 2.75) is 33.1 Å². The minimum atomic E-state index is 0.202. The Morgan fingerprint density at radius 2 is 1.86 bits per heavy atom. The van der Waals surface area contributed by atoms with Gasteiger partial charge in [-0.2, -0.15) is 5.10 Å². The molecule has 2 aromatic rings. The first kappa shape index (κ1) is 21.2. The monoisotopic (exact) mass is 391 g/mol. The summed E-state index contributed by atoms with van der Waals surface area (Å²) < 4.78 is 0. The summed E-state index contributed by atoms with van der Waals surface area (Å²) in [6.45, 7) is 10.3. The molecular formula is C24H33N5. The van der Waals surface area contributed by atoms with Crippen LogP contribution in [0.1, 0.15) is 42.9 Å². The van der Waals surface area contributed by atoms with E-state index in [1.807, 2.05) is 5.01 Å². The third-order valence-electron chi connectivity index (χ3n) is 5.38. The third kappa shape index (κ3) is 5.31. The maximum atomic E-state index is 6.08. The molecule has 0 bridgehead atoms. The molecule has 154 valence electrons. The van der Waals surface area contributed by atoms with Gasteiger partial charge in [-0.15, -0.1) is 0 Å². The fourth-order valence-corrected chi connectivity index (χ4v) is 3.67. The number of amidine groups is 1. The Hall–Kier alpha value is -2.50. The van der Waals surface area contributed by atoms with Gasteiger partial charge in [0.2, 0.25) is 0 Å². The molecule has 0 saturated carbocycles. The van der Waals surface area contributed by atoms with Gasteiger partial charge in [0.15, 0.2) is 0 Å². The highest BCUT2D eigenvalue weighted by atomic mass is 15.5. The van der Waals surface area contributed by atoms with Gasteiger partial charge in [0.25, 0.3) is 0 Å². The van der Waals surface area contributed by atoms with Gasteiger partial charge >= 0.3 is 0 Å². The van der Waals surface area contributed by atoms with Crippen LogP contribution in [0.15, 0.2) is 64.7 Å². The molecule has 0 spiro atoms. The number of benzene rings is 2. The number of hydrazone groups is 1. The van der Waals surface area contributed by atoms with Crippen molar-refractivity contribution in [2.75, 3.05) is 32.8 Å². The summed E-state index contributed by atoms with van der Waals surface area (Å²) in [5.41, 5.74) is 10.8. The number of hydrogen-bond donors (Lipinski definition) is 1. The van der Waals surface area contributed by atoms with Crippen molar-refractivity contribution < 1.29 is 0 Å². The van der Waals surface area contributed by atoms with Gasteiger partial charge in [-0.3, -0.25) is 9.89 Å². The average molecular weight is 392 g/mol. The maximum absolute atomic E-state index is 6.08. The van der Waals surface area contributed by atoms with E-state index in [0.717, 1.165) is 43.2 Å². The summed E-state index contributed by atoms with van der Waals surface area (Å²) in [5.74, 6) is 1.05. The van der Waals surface area contributed by atoms with Crippen LogP contribution in [0, 0.1) is 6.92 Å². The molecule has 29 heavy (non-hydrogen) atoms. The fraction of sp³-hybridized carbons (Fsp3) is 0.417. The van der Waals surface area contributed by atoms with Crippen molar-refractivity contribution in [1.82, 2.24) is 9.91 Å². The van der Waals surface area contributed by atoms with E-state index in [-0.39, 0.29) is 5.92 Å². The predicted octanol–water partition coefficient (Wildman–Crippen LogP) is 3.85. The zero-order valence-electron chi connectivity index (χ0n) is 17.9. The van der Waals surface area contributed by atoms with Gasteiger partial charge in [-0.1, -0.05) is 74.0 Å². The molecule has 1 heterocycles. The van der Waals surface area contributed by atoms with E-state index < -0.39 is 0 Å². The smallest absolute Gasteiger partial charge is 0.135 e. The molecule has 0 aliphatic carbocycles. The van der Waals surface area contributed by atoms with E-state index in [2.05, 4.69) is 80.3 Å². The molecule has 1 aliphatic heterocycles. The summed E-state index contributed by atoms with van der Waals surface area (Å²) in [4.78, 5) is 7.15. The van der Waals surface area contributed by atoms with Gasteiger partial charge in [0, 0.05) is 5.92 Å². The molecule has 1 atom stereocenters. The largest absolute Gasteiger partial charge is 0.324 e. The SMILES string of the molecule is CCCN(CC)CN=C(CN)N1CC(c2ccccc2)C(c2ccc(C)cc2)=N1. The minimum absolute atomic E-state index is 0.202. The van der Waals surface area contributed by atoms with Crippen LogP contribution in [-0.2, 0) is 0 Å². The van der Waals surface area contributed by atoms with Crippen LogP contribution < -0.4 is 5.73 Å². The first-order valence-electron chi connectivity index (χ1n) is 10.6. The fourth-order valence-electron chi connectivity index (χ4n) is 3.67. The van der Waals surface area contributed by atoms with E-state index >= 15 is 0 Å². The topological polar surface area (TPSA) is 57.2 Å². The molecule has 1 unspecified atom stereocenters. The van der Waals surface area contributed by atoms with Crippen molar-refractivity contribution >= 4 is 11.5 Å². The Morgan fingerprint density at radius 1 is 1.14 bits per heavy atom. The molecule has 0 radical (unpaired) electrons. The van der Waals surface area contributed by atoms with E-state index in [1.54, 1.807) is 0 Å². The third-order valence-corrected chi connectivity index (χ3v) is 5.38. The summed E-state index contributed by atoms with van der Waals surface area (Å²) in [6, 6.07) is 19.2. The second-order valence-corrected chi connectivity index (χ2v) is 7.53. The Morgan fingerprint density at radius 3 is 2.48 bits per heavy atom. The average Bonchev–Trinajstić information content (AvgIpc) is 3.20. The minimum Gasteiger partial charge on any atom is -0.324 e. The van der Waals surface area contributed by atoms with Crippen LogP contribution in [0.25, 0.3) is 0 Å². The lowest BCUT2D eigenvalue weighted by molar-refractivity contribution is 0.296. The predicted molar refractivity (Wildman–Crippen MR) is 122 cm³/mol. The molecule has 2 aromatic carbocycles. The van der Waals surface area contributed by atoms with Gasteiger partial charge in [-0.25, -0.2) is 5.01 Å². The summed E-state index contributed by atoms with van der Waals surface area (Å²) in [6.07, 6.45) is 1.12. The van der Waals surface area contributed by atoms with Crippen LogP contribution in [0.4, 0.5) is 0 Å². The Labute approximate surface area is 174 Å². The van der Waals surface area contributed by atoms with Crippen molar-refractivity contribution in [2.24, 2.45) is 15.8 Å². The van der Waals surface area contributed by atoms with Gasteiger partial charge < -0.3 is 5.73 Å². The Kier molecular flexibility index (Phi) is 7.55. The summed E-state index contributed by atoms with van der Waals surface area (Å²) in [7, 11) is 0. The van der Waals surface area contributed by atoms with Crippen LogP contribution in [0.2, 0.25) is 0 Å². The number of nitrogens with zero attached hydrogens (tertiary/aromatic N) is 4. The molecule has 5 heteroatoms. The molecular weight excluding hydrogens is 358 g/mol. The molecule has 5 nitrogen and oxygen atoms in total. The number of aryl methyl sites for hydroxylation is 1. The molecule has 0 amide bonds. The highest BCUT2D eigenvalue weighted by Gasteiger charge is 2.31. The van der Waals surface area contributed by atoms with Gasteiger partial charge in [0.1, 0.15) is 5.84 Å². The molecule has 0 fully saturated rings. The molecule has 0 saturated heterocycles. The molecule has 1 aliphatic rings. The van der Waals surface area contributed by atoms with E-state index in [4.69, 9.17) is 15.8 Å². The summed E-state index contributed by atoms with van der Waals surface area (Å²) in [5, 5.41) is 6.99. The maximum Gasteiger partial charge on any atom is 0.135 e. The van der Waals surface area contributed by atoms with Crippen molar-refractivity contribution in [1.29, 1.82) is 0 Å². The molecule has 0 aromatic heterocycles. The van der Waals surface area contributed by atoms with Gasteiger partial charge in [-0.05, 0) is 37.6 Å². The number of aliphatic imine (C=N–C) groups is 1. The molecule has 3 rings (SSSR count). The first-order valence-corrected chi connectivity index (χ1v) is 10.6. The number of hydrogen-bond acceptors (Lipinski definition) is 4. The Balaban J connectivity index is 1.89. The van der Waals surface area contributed by atoms with E-state index in [9.17, 15) is 0 Å². The van der Waals surface area contributed by atoms with Crippen LogP contribution in [0.5, 0.6) is 0 Å². The van der Waals surface area contributed by atoms with Gasteiger partial charge in [0.05, 0.1) is 25.5 Å². The van der Waals surface area contributed by atoms with E-state index in [1.165, 1.54) is 11.1 Å². The van der Waals surface area contributed by atoms with Crippen molar-refractivity contribution in [3.8, 4) is 0 Å². The second-order valence-electron chi connectivity index (χ2n) is 7.53. The highest BCUT2D eigenvalue weighted by Crippen LogP contribution is 2.29. The quantitative estimate of drug-likeness (QED) is 0.549. The standard InChI is InChI=1S/C24H33N5/c1-4-15-28(5-2)18-26-23(16-25)29-17-22(20-9-7-6-8-10-20)24(27-29)21-13-11-19(3)12-14-21/h6-14,22H,4-5,15-18,25H2,1-3H3. The highest BCUT2D eigenvalue weighted by molar-refractivity contribution is 6.07. The first-order chi connectivity index (χ1) is 14.2. The summed E-state index contributed by atoms with van der Waals surface area (Å²) >= 11 is 0.